The van der Waals surface area contributed by atoms with Crippen molar-refractivity contribution in [2.75, 3.05) is 7.11 Å². The zero-order chi connectivity index (χ0) is 12.0. The average molecular weight is 223 g/mol. The van der Waals surface area contributed by atoms with E-state index in [1.807, 2.05) is 25.1 Å². The number of carbonyl (C=O) groups is 1. The quantitative estimate of drug-likeness (QED) is 0.768. The van der Waals surface area contributed by atoms with E-state index in [1.54, 1.807) is 6.07 Å². The lowest BCUT2D eigenvalue weighted by Crippen LogP contribution is -2.27. The number of ether oxygens (including phenoxy) is 2. The molecule has 0 amide bonds. The van der Waals surface area contributed by atoms with E-state index in [4.69, 9.17) is 10.5 Å². The summed E-state index contributed by atoms with van der Waals surface area (Å²) in [7, 11) is 1.35. The van der Waals surface area contributed by atoms with Gasteiger partial charge in [0.05, 0.1) is 7.11 Å². The topological polar surface area (TPSA) is 61.5 Å². The maximum atomic E-state index is 11.3. The number of esters is 1. The Morgan fingerprint density at radius 3 is 2.81 bits per heavy atom. The minimum atomic E-state index is -0.557. The molecule has 1 aromatic carbocycles. The second-order valence-electron chi connectivity index (χ2n) is 3.39. The van der Waals surface area contributed by atoms with Crippen LogP contribution in [0, 0.1) is 0 Å². The van der Waals surface area contributed by atoms with E-state index in [2.05, 4.69) is 4.74 Å². The maximum Gasteiger partial charge on any atom is 0.347 e. The van der Waals surface area contributed by atoms with Crippen LogP contribution in [0.25, 0.3) is 0 Å². The minimum absolute atomic E-state index is 0.361. The first-order valence-electron chi connectivity index (χ1n) is 5.24. The molecule has 1 unspecified atom stereocenters. The average Bonchev–Trinajstić information content (AvgIpc) is 2.35. The highest BCUT2D eigenvalue weighted by molar-refractivity contribution is 5.74. The van der Waals surface area contributed by atoms with Crippen molar-refractivity contribution in [1.82, 2.24) is 0 Å². The van der Waals surface area contributed by atoms with Gasteiger partial charge in [0.2, 0.25) is 0 Å². The van der Waals surface area contributed by atoms with Crippen LogP contribution in [0.1, 0.15) is 18.9 Å². The lowest BCUT2D eigenvalue weighted by Gasteiger charge is -2.15. The summed E-state index contributed by atoms with van der Waals surface area (Å²) in [6.45, 7) is 2.32. The Hall–Kier alpha value is -1.55. The summed E-state index contributed by atoms with van der Waals surface area (Å²) in [6.07, 6.45) is 0.0116. The zero-order valence-corrected chi connectivity index (χ0v) is 9.60. The van der Waals surface area contributed by atoms with Gasteiger partial charge in [-0.05, 0) is 24.1 Å². The largest absolute Gasteiger partial charge is 0.479 e. The van der Waals surface area contributed by atoms with Gasteiger partial charge in [-0.2, -0.15) is 0 Å². The lowest BCUT2D eigenvalue weighted by molar-refractivity contribution is -0.148. The Morgan fingerprint density at radius 2 is 2.25 bits per heavy atom. The van der Waals surface area contributed by atoms with E-state index in [1.165, 1.54) is 7.11 Å². The van der Waals surface area contributed by atoms with E-state index in [9.17, 15) is 4.79 Å². The molecular weight excluding hydrogens is 206 g/mol. The summed E-state index contributed by atoms with van der Waals surface area (Å²) in [5.74, 6) is 0.279. The molecule has 0 saturated carbocycles. The van der Waals surface area contributed by atoms with Gasteiger partial charge in [-0.3, -0.25) is 0 Å². The van der Waals surface area contributed by atoms with Crippen molar-refractivity contribution >= 4 is 5.97 Å². The number of hydrogen-bond acceptors (Lipinski definition) is 4. The summed E-state index contributed by atoms with van der Waals surface area (Å²) in [4.78, 5) is 11.3. The molecule has 0 aromatic heterocycles. The predicted octanol–water partition coefficient (Wildman–Crippen LogP) is 1.48. The van der Waals surface area contributed by atoms with Gasteiger partial charge >= 0.3 is 5.97 Å². The molecule has 1 rings (SSSR count). The van der Waals surface area contributed by atoms with Gasteiger partial charge in [-0.1, -0.05) is 19.1 Å². The number of carbonyl (C=O) groups excluding carboxylic acids is 1. The second kappa shape index (κ2) is 6.12. The highest BCUT2D eigenvalue weighted by Crippen LogP contribution is 2.16. The van der Waals surface area contributed by atoms with E-state index in [0.717, 1.165) is 5.56 Å². The minimum Gasteiger partial charge on any atom is -0.479 e. The molecule has 1 atom stereocenters. The van der Waals surface area contributed by atoms with Crippen LogP contribution in [0.15, 0.2) is 24.3 Å². The van der Waals surface area contributed by atoms with Crippen LogP contribution in [-0.2, 0) is 16.1 Å². The van der Waals surface area contributed by atoms with Gasteiger partial charge in [-0.25, -0.2) is 4.79 Å². The Labute approximate surface area is 95.3 Å². The third kappa shape index (κ3) is 3.24. The fourth-order valence-corrected chi connectivity index (χ4v) is 1.34. The van der Waals surface area contributed by atoms with Gasteiger partial charge in [0, 0.05) is 6.54 Å². The SMILES string of the molecule is CCC(Oc1cccc(CN)c1)C(=O)OC. The van der Waals surface area contributed by atoms with Crippen molar-refractivity contribution in [3.63, 3.8) is 0 Å². The van der Waals surface area contributed by atoms with Crippen LogP contribution in [0.5, 0.6) is 5.75 Å². The van der Waals surface area contributed by atoms with Crippen LogP contribution in [0.3, 0.4) is 0 Å². The monoisotopic (exact) mass is 223 g/mol. The maximum absolute atomic E-state index is 11.3. The van der Waals surface area contributed by atoms with Crippen LogP contribution in [0.4, 0.5) is 0 Å². The molecule has 16 heavy (non-hydrogen) atoms. The molecule has 0 saturated heterocycles. The summed E-state index contributed by atoms with van der Waals surface area (Å²) in [5.41, 5.74) is 6.49. The standard InChI is InChI=1S/C12H17NO3/c1-3-11(12(14)15-2)16-10-6-4-5-9(7-10)8-13/h4-7,11H,3,8,13H2,1-2H3. The number of hydrogen-bond donors (Lipinski definition) is 1. The van der Waals surface area contributed by atoms with Gasteiger partial charge in [0.25, 0.3) is 0 Å². The Bertz CT molecular complexity index is 352. The first-order valence-corrected chi connectivity index (χ1v) is 5.24. The predicted molar refractivity (Wildman–Crippen MR) is 61.1 cm³/mol. The van der Waals surface area contributed by atoms with Crippen molar-refractivity contribution in [2.24, 2.45) is 5.73 Å². The van der Waals surface area contributed by atoms with Gasteiger partial charge in [-0.15, -0.1) is 0 Å². The third-order valence-electron chi connectivity index (χ3n) is 2.25. The normalized spacial score (nSPS) is 11.9. The van der Waals surface area contributed by atoms with E-state index in [0.29, 0.717) is 18.7 Å². The fourth-order valence-electron chi connectivity index (χ4n) is 1.34. The Morgan fingerprint density at radius 1 is 1.50 bits per heavy atom. The molecule has 0 heterocycles. The number of nitrogens with two attached hydrogens (primary N) is 1. The van der Waals surface area contributed by atoms with E-state index < -0.39 is 6.10 Å². The Kier molecular flexibility index (Phi) is 4.79. The van der Waals surface area contributed by atoms with Crippen molar-refractivity contribution < 1.29 is 14.3 Å². The lowest BCUT2D eigenvalue weighted by atomic mass is 10.2. The first kappa shape index (κ1) is 12.5. The van der Waals surface area contributed by atoms with E-state index >= 15 is 0 Å². The molecule has 0 spiro atoms. The third-order valence-corrected chi connectivity index (χ3v) is 2.25. The second-order valence-corrected chi connectivity index (χ2v) is 3.39. The molecule has 88 valence electrons. The summed E-state index contributed by atoms with van der Waals surface area (Å²) >= 11 is 0. The molecule has 1 aromatic rings. The molecule has 0 aliphatic rings. The van der Waals surface area contributed by atoms with Crippen LogP contribution >= 0.6 is 0 Å². The molecule has 2 N–H and O–H groups in total. The van der Waals surface area contributed by atoms with Crippen LogP contribution < -0.4 is 10.5 Å². The molecule has 0 aliphatic carbocycles. The molecule has 0 radical (unpaired) electrons. The van der Waals surface area contributed by atoms with Crippen molar-refractivity contribution in [3.8, 4) is 5.75 Å². The van der Waals surface area contributed by atoms with Gasteiger partial charge in [0.15, 0.2) is 6.10 Å². The highest BCUT2D eigenvalue weighted by atomic mass is 16.6. The molecule has 0 fully saturated rings. The molecule has 4 heteroatoms. The van der Waals surface area contributed by atoms with Gasteiger partial charge in [0.1, 0.15) is 5.75 Å². The summed E-state index contributed by atoms with van der Waals surface area (Å²) in [6, 6.07) is 7.38. The first-order chi connectivity index (χ1) is 7.71. The molecule has 0 aliphatic heterocycles. The van der Waals surface area contributed by atoms with Crippen molar-refractivity contribution in [1.29, 1.82) is 0 Å². The van der Waals surface area contributed by atoms with Crippen molar-refractivity contribution in [2.45, 2.75) is 26.0 Å². The molecule has 4 nitrogen and oxygen atoms in total. The Balaban J connectivity index is 2.73. The van der Waals surface area contributed by atoms with E-state index in [-0.39, 0.29) is 5.97 Å². The summed E-state index contributed by atoms with van der Waals surface area (Å²) < 4.78 is 10.2. The van der Waals surface area contributed by atoms with Gasteiger partial charge < -0.3 is 15.2 Å². The van der Waals surface area contributed by atoms with Crippen molar-refractivity contribution in [3.05, 3.63) is 29.8 Å². The zero-order valence-electron chi connectivity index (χ0n) is 9.60. The summed E-state index contributed by atoms with van der Waals surface area (Å²) in [5, 5.41) is 0. The molecule has 0 bridgehead atoms. The number of rotatable bonds is 5. The number of methoxy groups -OCH3 is 1. The highest BCUT2D eigenvalue weighted by Gasteiger charge is 2.18. The van der Waals surface area contributed by atoms with Crippen LogP contribution in [-0.4, -0.2) is 19.2 Å². The van der Waals surface area contributed by atoms with Crippen LogP contribution in [0.2, 0.25) is 0 Å². The number of benzene rings is 1. The molecular formula is C12H17NO3. The smallest absolute Gasteiger partial charge is 0.347 e. The fraction of sp³-hybridized carbons (Fsp3) is 0.417.